The molecule has 0 radical (unpaired) electrons. The fourth-order valence-corrected chi connectivity index (χ4v) is 2.01. The molecular formula is C11H8N2O4S. The smallest absolute Gasteiger partial charge is 0.338 e. The molecule has 6 nitrogen and oxygen atoms in total. The third-order valence-corrected chi connectivity index (χ3v) is 2.93. The summed E-state index contributed by atoms with van der Waals surface area (Å²) in [6.45, 7) is 0. The highest BCUT2D eigenvalue weighted by molar-refractivity contribution is 7.08. The average molecular weight is 264 g/mol. The second-order valence-corrected chi connectivity index (χ2v) is 4.21. The van der Waals surface area contributed by atoms with Crippen LogP contribution in [0.2, 0.25) is 0 Å². The Bertz CT molecular complexity index is 595. The van der Waals surface area contributed by atoms with Crippen molar-refractivity contribution in [2.75, 3.05) is 5.32 Å². The molecule has 0 aliphatic rings. The van der Waals surface area contributed by atoms with Gasteiger partial charge in [0, 0.05) is 23.2 Å². The Balaban J connectivity index is 2.40. The average Bonchev–Trinajstić information content (AvgIpc) is 2.81. The van der Waals surface area contributed by atoms with E-state index >= 15 is 0 Å². The molecule has 7 heteroatoms. The lowest BCUT2D eigenvalue weighted by Crippen LogP contribution is -2.03. The molecule has 0 aliphatic carbocycles. The molecule has 0 amide bonds. The van der Waals surface area contributed by atoms with Crippen LogP contribution in [0.1, 0.15) is 10.4 Å². The van der Waals surface area contributed by atoms with E-state index in [1.165, 1.54) is 23.5 Å². The van der Waals surface area contributed by atoms with Crippen LogP contribution in [-0.2, 0) is 0 Å². The minimum Gasteiger partial charge on any atom is -0.478 e. The molecule has 92 valence electrons. The largest absolute Gasteiger partial charge is 0.478 e. The maximum atomic E-state index is 11.1. The number of aromatic carboxylic acids is 1. The topological polar surface area (TPSA) is 92.5 Å². The molecule has 2 rings (SSSR count). The van der Waals surface area contributed by atoms with E-state index in [2.05, 4.69) is 5.32 Å². The first-order chi connectivity index (χ1) is 8.58. The molecule has 1 aromatic heterocycles. The number of hydrogen-bond acceptors (Lipinski definition) is 5. The molecule has 18 heavy (non-hydrogen) atoms. The van der Waals surface area contributed by atoms with Crippen molar-refractivity contribution in [1.29, 1.82) is 0 Å². The van der Waals surface area contributed by atoms with Crippen LogP contribution >= 0.6 is 11.3 Å². The number of carboxylic acids is 1. The fourth-order valence-electron chi connectivity index (χ4n) is 1.42. The summed E-state index contributed by atoms with van der Waals surface area (Å²) in [6, 6.07) is 5.48. The first kappa shape index (κ1) is 12.1. The molecule has 0 spiro atoms. The molecule has 0 bridgehead atoms. The summed E-state index contributed by atoms with van der Waals surface area (Å²) in [5, 5.41) is 26.2. The molecule has 1 heterocycles. The van der Waals surface area contributed by atoms with Gasteiger partial charge in [-0.3, -0.25) is 10.1 Å². The zero-order valence-electron chi connectivity index (χ0n) is 8.99. The maximum absolute atomic E-state index is 11.1. The molecule has 0 unspecified atom stereocenters. The van der Waals surface area contributed by atoms with Gasteiger partial charge in [0.25, 0.3) is 5.69 Å². The van der Waals surface area contributed by atoms with Crippen molar-refractivity contribution in [3.05, 3.63) is 50.7 Å². The van der Waals surface area contributed by atoms with Gasteiger partial charge >= 0.3 is 5.97 Å². The lowest BCUT2D eigenvalue weighted by molar-refractivity contribution is -0.384. The van der Waals surface area contributed by atoms with Gasteiger partial charge < -0.3 is 10.4 Å². The van der Waals surface area contributed by atoms with E-state index in [0.717, 1.165) is 11.8 Å². The number of nitrogens with one attached hydrogen (secondary N) is 1. The van der Waals surface area contributed by atoms with E-state index in [0.29, 0.717) is 5.69 Å². The normalized spacial score (nSPS) is 10.0. The number of benzene rings is 1. The summed E-state index contributed by atoms with van der Waals surface area (Å²) in [6.07, 6.45) is 0. The number of hydrogen-bond donors (Lipinski definition) is 2. The van der Waals surface area contributed by atoms with Gasteiger partial charge in [0.15, 0.2) is 0 Å². The monoisotopic (exact) mass is 264 g/mol. The fraction of sp³-hybridized carbons (Fsp3) is 0. The van der Waals surface area contributed by atoms with E-state index in [1.807, 2.05) is 10.8 Å². The van der Waals surface area contributed by atoms with Gasteiger partial charge in [-0.25, -0.2) is 4.79 Å². The summed E-state index contributed by atoms with van der Waals surface area (Å²) in [5.74, 6) is -1.21. The number of nitrogens with zero attached hydrogens (tertiary/aromatic N) is 1. The predicted octanol–water partition coefficient (Wildman–Crippen LogP) is 3.10. The number of anilines is 2. The van der Waals surface area contributed by atoms with Crippen LogP contribution in [0, 0.1) is 10.1 Å². The molecule has 0 aliphatic heterocycles. The Kier molecular flexibility index (Phi) is 3.24. The van der Waals surface area contributed by atoms with E-state index in [4.69, 9.17) is 5.11 Å². The van der Waals surface area contributed by atoms with E-state index in [9.17, 15) is 14.9 Å². The molecule has 0 saturated heterocycles. The molecular weight excluding hydrogens is 256 g/mol. The van der Waals surface area contributed by atoms with Gasteiger partial charge in [-0.15, -0.1) is 0 Å². The van der Waals surface area contributed by atoms with Crippen LogP contribution in [0.25, 0.3) is 0 Å². The number of nitro groups is 1. The highest BCUT2D eigenvalue weighted by Crippen LogP contribution is 2.26. The molecule has 0 saturated carbocycles. The van der Waals surface area contributed by atoms with E-state index in [-0.39, 0.29) is 11.3 Å². The first-order valence-electron chi connectivity index (χ1n) is 4.89. The molecule has 0 fully saturated rings. The molecule has 1 aromatic carbocycles. The van der Waals surface area contributed by atoms with Crippen molar-refractivity contribution in [3.63, 3.8) is 0 Å². The number of rotatable bonds is 4. The van der Waals surface area contributed by atoms with Gasteiger partial charge in [0.1, 0.15) is 0 Å². The van der Waals surface area contributed by atoms with Crippen LogP contribution in [0.5, 0.6) is 0 Å². The van der Waals surface area contributed by atoms with Gasteiger partial charge in [-0.2, -0.15) is 11.3 Å². The number of thiophene rings is 1. The van der Waals surface area contributed by atoms with Crippen LogP contribution in [0.4, 0.5) is 17.1 Å². The Labute approximate surface area is 106 Å². The lowest BCUT2D eigenvalue weighted by atomic mass is 10.1. The summed E-state index contributed by atoms with van der Waals surface area (Å²) in [7, 11) is 0. The van der Waals surface area contributed by atoms with Gasteiger partial charge in [-0.1, -0.05) is 0 Å². The van der Waals surface area contributed by atoms with Gasteiger partial charge in [0.2, 0.25) is 0 Å². The summed E-state index contributed by atoms with van der Waals surface area (Å²) in [4.78, 5) is 21.0. The third kappa shape index (κ3) is 2.46. The van der Waals surface area contributed by atoms with Crippen molar-refractivity contribution >= 4 is 34.4 Å². The third-order valence-electron chi connectivity index (χ3n) is 2.24. The first-order valence-corrected chi connectivity index (χ1v) is 5.83. The van der Waals surface area contributed by atoms with Crippen molar-refractivity contribution in [3.8, 4) is 0 Å². The van der Waals surface area contributed by atoms with Gasteiger partial charge in [-0.05, 0) is 17.5 Å². The van der Waals surface area contributed by atoms with Crippen LogP contribution < -0.4 is 5.32 Å². The standard InChI is InChI=1S/C11H8N2O4S/c14-11(15)9-5-8(13(16)17)1-2-10(9)12-7-3-4-18-6-7/h1-6,12H,(H,14,15). The van der Waals surface area contributed by atoms with Crippen LogP contribution in [-0.4, -0.2) is 16.0 Å². The number of nitro benzene ring substituents is 1. The Hall–Kier alpha value is -2.41. The summed E-state index contributed by atoms with van der Waals surface area (Å²) >= 11 is 1.46. The van der Waals surface area contributed by atoms with E-state index < -0.39 is 10.9 Å². The quantitative estimate of drug-likeness (QED) is 0.653. The van der Waals surface area contributed by atoms with Crippen LogP contribution in [0.15, 0.2) is 35.0 Å². The van der Waals surface area contributed by atoms with Gasteiger partial charge in [0.05, 0.1) is 16.2 Å². The minimum absolute atomic E-state index is 0.129. The second kappa shape index (κ2) is 4.84. The zero-order valence-corrected chi connectivity index (χ0v) is 9.81. The van der Waals surface area contributed by atoms with Crippen molar-refractivity contribution in [1.82, 2.24) is 0 Å². The lowest BCUT2D eigenvalue weighted by Gasteiger charge is -2.07. The Morgan fingerprint density at radius 2 is 2.17 bits per heavy atom. The second-order valence-electron chi connectivity index (χ2n) is 3.43. The van der Waals surface area contributed by atoms with Crippen molar-refractivity contribution in [2.45, 2.75) is 0 Å². The summed E-state index contributed by atoms with van der Waals surface area (Å²) < 4.78 is 0. The van der Waals surface area contributed by atoms with E-state index in [1.54, 1.807) is 6.07 Å². The van der Waals surface area contributed by atoms with Crippen molar-refractivity contribution in [2.24, 2.45) is 0 Å². The van der Waals surface area contributed by atoms with Crippen molar-refractivity contribution < 1.29 is 14.8 Å². The molecule has 0 atom stereocenters. The zero-order chi connectivity index (χ0) is 13.1. The maximum Gasteiger partial charge on any atom is 0.338 e. The number of non-ortho nitro benzene ring substituents is 1. The Morgan fingerprint density at radius 3 is 2.72 bits per heavy atom. The SMILES string of the molecule is O=C(O)c1cc([N+](=O)[O-])ccc1Nc1ccsc1. The van der Waals surface area contributed by atoms with Crippen LogP contribution in [0.3, 0.4) is 0 Å². The number of carbonyl (C=O) groups is 1. The highest BCUT2D eigenvalue weighted by atomic mass is 32.1. The minimum atomic E-state index is -1.21. The molecule has 2 aromatic rings. The molecule has 2 N–H and O–H groups in total. The number of carboxylic acid groups (broad SMARTS) is 1. The highest BCUT2D eigenvalue weighted by Gasteiger charge is 2.16. The summed E-state index contributed by atoms with van der Waals surface area (Å²) in [5.41, 5.74) is 0.696. The predicted molar refractivity (Wildman–Crippen MR) is 67.7 cm³/mol. The Morgan fingerprint density at radius 1 is 1.39 bits per heavy atom.